The van der Waals surface area contributed by atoms with E-state index in [2.05, 4.69) is 90.4 Å². The van der Waals surface area contributed by atoms with Crippen LogP contribution in [-0.4, -0.2) is 150 Å². The summed E-state index contributed by atoms with van der Waals surface area (Å²) in [6.45, 7) is 18.1. The molecule has 2 atom stereocenters. The number of anilines is 6. The maximum absolute atomic E-state index is 12.5. The number of aliphatic hydroxyl groups excluding tert-OH is 2. The summed E-state index contributed by atoms with van der Waals surface area (Å²) in [6.07, 6.45) is 16.5. The number of hydrogen-bond acceptors (Lipinski definition) is 22. The lowest BCUT2D eigenvalue weighted by Gasteiger charge is -2.28. The molecule has 25 heteroatoms. The average Bonchev–Trinajstić information content (AvgIpc) is 1.45. The number of nitrogens with one attached hydrogen (secondary N) is 5. The first-order valence-corrected chi connectivity index (χ1v) is 36.7. The fourth-order valence-corrected chi connectivity index (χ4v) is 13.0. The number of fused-ring (bicyclic) bond motifs is 3. The number of amides is 2. The molecule has 0 bridgehead atoms. The minimum Gasteiger partial charge on any atom is -0.493 e. The minimum absolute atomic E-state index is 0.0941. The van der Waals surface area contributed by atoms with Crippen LogP contribution in [0, 0.1) is 0 Å². The Balaban J connectivity index is 0.000000161. The Hall–Kier alpha value is -10.4. The van der Waals surface area contributed by atoms with E-state index in [9.17, 15) is 19.8 Å². The maximum atomic E-state index is 12.5. The third kappa shape index (κ3) is 19.6. The molecule has 5 heterocycles. The number of nitrogens with two attached hydrogens (primary N) is 3. The van der Waals surface area contributed by atoms with Crippen molar-refractivity contribution in [3.8, 4) is 34.5 Å². The number of aliphatic hydroxyl groups is 2. The quantitative estimate of drug-likeness (QED) is 0.0132. The molecule has 1 saturated heterocycles. The van der Waals surface area contributed by atoms with E-state index in [1.54, 1.807) is 45.1 Å². The minimum atomic E-state index is -1.16. The SMILES string of the molecule is CCOc1cc2ncc(C(N)O)c(Nc3ccccc3CC)c2cc1OCC.CCc1c(CN2CCOCC2)cccc1Nc1c(C(N)=O)cnc2cc(OC)c(OC[C@@H](O)CNC3CC3)cc12.CCc1c(Cn2ccnc2)cccc1Nc1c(C(N)=O)cnc2cc(OC)c(OCCCNC3CC3)cc12. The molecule has 13 rings (SSSR count). The molecular formula is C81H100N14O11. The van der Waals surface area contributed by atoms with Crippen LogP contribution in [0.5, 0.6) is 34.5 Å². The van der Waals surface area contributed by atoms with Gasteiger partial charge in [0.05, 0.1) is 98.3 Å². The third-order valence-corrected chi connectivity index (χ3v) is 18.8. The number of ether oxygens (including phenoxy) is 7. The van der Waals surface area contributed by atoms with Crippen molar-refractivity contribution >= 4 is 78.6 Å². The van der Waals surface area contributed by atoms with Crippen LogP contribution in [0.25, 0.3) is 32.7 Å². The first-order chi connectivity index (χ1) is 51.6. The van der Waals surface area contributed by atoms with E-state index in [4.69, 9.17) is 50.4 Å². The van der Waals surface area contributed by atoms with Crippen LogP contribution in [0.2, 0.25) is 0 Å². The Morgan fingerprint density at radius 3 is 1.61 bits per heavy atom. The fourth-order valence-electron chi connectivity index (χ4n) is 13.0. The number of hydrogen-bond donors (Lipinski definition) is 10. The van der Waals surface area contributed by atoms with Crippen molar-refractivity contribution in [3.63, 3.8) is 0 Å². The number of primary amides is 2. The maximum Gasteiger partial charge on any atom is 0.252 e. The number of benzene rings is 6. The van der Waals surface area contributed by atoms with E-state index >= 15 is 0 Å². The van der Waals surface area contributed by atoms with Crippen LogP contribution in [0.15, 0.2) is 134 Å². The lowest BCUT2D eigenvalue weighted by molar-refractivity contribution is 0.0341. The molecule has 0 spiro atoms. The smallest absolute Gasteiger partial charge is 0.252 e. The summed E-state index contributed by atoms with van der Waals surface area (Å²) in [4.78, 5) is 45.0. The number of nitrogens with zero attached hydrogens (tertiary/aromatic N) is 6. The number of para-hydroxylation sites is 1. The number of aryl methyl sites for hydroxylation is 1. The topological polar surface area (TPSA) is 337 Å². The van der Waals surface area contributed by atoms with Crippen LogP contribution in [0.1, 0.15) is 127 Å². The number of carbonyl (C=O) groups is 2. The molecule has 2 aliphatic carbocycles. The Bertz CT molecular complexity index is 4620. The van der Waals surface area contributed by atoms with Gasteiger partial charge in [0, 0.05) is 133 Å². The lowest BCUT2D eigenvalue weighted by atomic mass is 10.0. The third-order valence-electron chi connectivity index (χ3n) is 18.8. The van der Waals surface area contributed by atoms with Gasteiger partial charge >= 0.3 is 0 Å². The highest BCUT2D eigenvalue weighted by Crippen LogP contribution is 2.43. The summed E-state index contributed by atoms with van der Waals surface area (Å²) in [6, 6.07) is 32.6. The second-order valence-corrected chi connectivity index (χ2v) is 26.3. The van der Waals surface area contributed by atoms with Gasteiger partial charge in [0.1, 0.15) is 18.9 Å². The van der Waals surface area contributed by atoms with Gasteiger partial charge in [-0.2, -0.15) is 0 Å². The van der Waals surface area contributed by atoms with Crippen molar-refractivity contribution in [3.05, 3.63) is 179 Å². The zero-order chi connectivity index (χ0) is 74.6. The van der Waals surface area contributed by atoms with Gasteiger partial charge in [-0.25, -0.2) is 4.98 Å². The summed E-state index contributed by atoms with van der Waals surface area (Å²) in [5.41, 5.74) is 31.1. The molecule has 4 aromatic heterocycles. The van der Waals surface area contributed by atoms with Gasteiger partial charge in [0.2, 0.25) is 0 Å². The molecule has 1 aliphatic heterocycles. The second kappa shape index (κ2) is 37.0. The number of pyridine rings is 3. The predicted octanol–water partition coefficient (Wildman–Crippen LogP) is 11.7. The zero-order valence-electron chi connectivity index (χ0n) is 61.6. The summed E-state index contributed by atoms with van der Waals surface area (Å²) in [5.74, 6) is 2.26. The van der Waals surface area contributed by atoms with Crippen molar-refractivity contribution in [1.29, 1.82) is 0 Å². The predicted molar refractivity (Wildman–Crippen MR) is 415 cm³/mol. The number of morpholine rings is 1. The van der Waals surface area contributed by atoms with Crippen molar-refractivity contribution in [2.24, 2.45) is 17.2 Å². The van der Waals surface area contributed by atoms with E-state index in [0.717, 1.165) is 117 Å². The Labute approximate surface area is 618 Å². The number of aromatic nitrogens is 5. The lowest BCUT2D eigenvalue weighted by Crippen LogP contribution is -2.35. The Kier molecular flexibility index (Phi) is 26.8. The van der Waals surface area contributed by atoms with Gasteiger partial charge in [-0.1, -0.05) is 63.2 Å². The van der Waals surface area contributed by atoms with Crippen molar-refractivity contribution in [2.75, 3.05) is 96.0 Å². The number of methoxy groups -OCH3 is 2. The Morgan fingerprint density at radius 2 is 1.08 bits per heavy atom. The molecule has 25 nitrogen and oxygen atoms in total. The molecule has 3 fully saturated rings. The van der Waals surface area contributed by atoms with E-state index < -0.39 is 24.1 Å². The molecule has 1 unspecified atom stereocenters. The van der Waals surface area contributed by atoms with Gasteiger partial charge in [-0.15, -0.1) is 0 Å². The fraction of sp³-hybridized carbons (Fsp3) is 0.383. The van der Waals surface area contributed by atoms with Crippen molar-refractivity contribution < 1.29 is 53.0 Å². The average molecular weight is 1450 g/mol. The first-order valence-electron chi connectivity index (χ1n) is 36.7. The van der Waals surface area contributed by atoms with E-state index in [1.165, 1.54) is 47.5 Å². The molecule has 0 radical (unpaired) electrons. The van der Waals surface area contributed by atoms with Gasteiger partial charge < -0.3 is 91.7 Å². The molecule has 10 aromatic rings. The largest absolute Gasteiger partial charge is 0.493 e. The van der Waals surface area contributed by atoms with E-state index in [0.29, 0.717) is 124 Å². The van der Waals surface area contributed by atoms with Gasteiger partial charge in [0.25, 0.3) is 11.8 Å². The van der Waals surface area contributed by atoms with Crippen molar-refractivity contribution in [1.82, 2.24) is 40.0 Å². The second-order valence-electron chi connectivity index (χ2n) is 26.3. The summed E-state index contributed by atoms with van der Waals surface area (Å²) in [5, 5.41) is 40.0. The molecule has 6 aromatic carbocycles. The van der Waals surface area contributed by atoms with Gasteiger partial charge in [-0.3, -0.25) is 29.4 Å². The monoisotopic (exact) mass is 1440 g/mol. The van der Waals surface area contributed by atoms with E-state index in [-0.39, 0.29) is 12.2 Å². The van der Waals surface area contributed by atoms with Crippen molar-refractivity contribution in [2.45, 2.75) is 123 Å². The summed E-state index contributed by atoms with van der Waals surface area (Å²) < 4.78 is 42.3. The zero-order valence-corrected chi connectivity index (χ0v) is 61.6. The van der Waals surface area contributed by atoms with Gasteiger partial charge in [-0.05, 0) is 136 Å². The highest BCUT2D eigenvalue weighted by Gasteiger charge is 2.26. The van der Waals surface area contributed by atoms with Crippen LogP contribution in [-0.2, 0) is 37.1 Å². The highest BCUT2D eigenvalue weighted by molar-refractivity contribution is 6.09. The molecule has 560 valence electrons. The summed E-state index contributed by atoms with van der Waals surface area (Å²) >= 11 is 0. The number of imidazole rings is 1. The van der Waals surface area contributed by atoms with Crippen LogP contribution in [0.3, 0.4) is 0 Å². The number of carbonyl (C=O) groups excluding carboxylic acids is 2. The highest BCUT2D eigenvalue weighted by atomic mass is 16.5. The molecular weight excluding hydrogens is 1340 g/mol. The Morgan fingerprint density at radius 1 is 0.585 bits per heavy atom. The standard InChI is InChI=1S/C30H39N5O5.C29H34N6O3.C22H27N3O3/c1-3-22-19(17-35-9-11-39-12-10-35)5-4-6-25(22)34-29-23-13-28(40-18-21(36)15-32-20-7-8-20)27(38-2)14-26(23)33-16-24(29)30(31)37;1-3-21-19(17-35-12-11-31-18-35)6-4-7-24(21)34-28-22-14-27(38-13-5-10-32-20-8-9-20)26(37-2)15-25(22)33-16-23(28)29(30)36;1-4-14-9-7-8-10-17(14)25-21-15-11-19(27-5-2)20(28-6-3)12-18(15)24-13-16(21)22(23)26/h4-6,13-14,16,20-21,32,36H,3,7-12,15,17-18H2,1-2H3,(H2,31,37)(H,33,34);4,6-7,11-12,14-16,18,20,32H,3,5,8-10,13,17H2,1-2H3,(H2,30,36)(H,33,34);7-13,22,26H,4-6,23H2,1-3H3,(H,24,25)/t21-;;/m0../s1. The molecule has 2 saturated carbocycles. The number of rotatable bonds is 34. The first kappa shape index (κ1) is 76.7. The van der Waals surface area contributed by atoms with Gasteiger partial charge in [0.15, 0.2) is 34.5 Å². The molecule has 3 aliphatic rings. The molecule has 106 heavy (non-hydrogen) atoms. The van der Waals surface area contributed by atoms with E-state index in [1.807, 2.05) is 91.3 Å². The van der Waals surface area contributed by atoms with Crippen LogP contribution >= 0.6 is 0 Å². The molecule has 13 N–H and O–H groups in total. The van der Waals surface area contributed by atoms with Crippen LogP contribution in [0.4, 0.5) is 34.1 Å². The normalized spacial score (nSPS) is 14.1. The molecule has 2 amide bonds. The van der Waals surface area contributed by atoms with Crippen LogP contribution < -0.4 is 72.2 Å². The summed E-state index contributed by atoms with van der Waals surface area (Å²) in [7, 11) is 3.17.